The van der Waals surface area contributed by atoms with Crippen LogP contribution in [0.5, 0.6) is 0 Å². The van der Waals surface area contributed by atoms with Crippen LogP contribution in [0, 0.1) is 0 Å². The molecule has 0 saturated heterocycles. The molecule has 1 heterocycles. The Morgan fingerprint density at radius 3 is 2.26 bits per heavy atom. The van der Waals surface area contributed by atoms with E-state index in [-0.39, 0.29) is 12.5 Å². The number of amides is 1. The van der Waals surface area contributed by atoms with Gasteiger partial charge in [-0.05, 0) is 12.1 Å². The first-order chi connectivity index (χ1) is 9.34. The number of carbonyl (C=O) groups is 1. The van der Waals surface area contributed by atoms with Gasteiger partial charge >= 0.3 is 0 Å². The van der Waals surface area contributed by atoms with Crippen molar-refractivity contribution in [1.29, 1.82) is 0 Å². The quantitative estimate of drug-likeness (QED) is 0.887. The molecule has 3 rings (SSSR count). The van der Waals surface area contributed by atoms with Gasteiger partial charge in [0.2, 0.25) is 0 Å². The maximum atomic E-state index is 11.6. The highest BCUT2D eigenvalue weighted by atomic mass is 16.2. The van der Waals surface area contributed by atoms with Gasteiger partial charge < -0.3 is 0 Å². The van der Waals surface area contributed by atoms with Crippen LogP contribution in [0.25, 0.3) is 0 Å². The van der Waals surface area contributed by atoms with Gasteiger partial charge in [-0.3, -0.25) is 15.2 Å². The molecule has 1 N–H and O–H groups in total. The minimum atomic E-state index is -0.108. The van der Waals surface area contributed by atoms with Crippen molar-refractivity contribution in [2.24, 2.45) is 4.99 Å². The van der Waals surface area contributed by atoms with Crippen LogP contribution < -0.4 is 10.4 Å². The molecule has 0 radical (unpaired) electrons. The van der Waals surface area contributed by atoms with Gasteiger partial charge in [-0.1, -0.05) is 48.5 Å². The summed E-state index contributed by atoms with van der Waals surface area (Å²) in [5.74, 6) is 0.648. The second-order valence-electron chi connectivity index (χ2n) is 4.21. The number of hydrazine groups is 1. The summed E-state index contributed by atoms with van der Waals surface area (Å²) in [7, 11) is 0. The number of rotatable bonds is 2. The smallest absolute Gasteiger partial charge is 0.260 e. The molecule has 19 heavy (non-hydrogen) atoms. The highest BCUT2D eigenvalue weighted by Gasteiger charge is 2.22. The minimum Gasteiger partial charge on any atom is -0.271 e. The summed E-state index contributed by atoms with van der Waals surface area (Å²) in [6.07, 6.45) is 0. The Balaban J connectivity index is 2.03. The van der Waals surface area contributed by atoms with Crippen molar-refractivity contribution >= 4 is 17.4 Å². The van der Waals surface area contributed by atoms with Crippen molar-refractivity contribution in [2.75, 3.05) is 11.6 Å². The largest absolute Gasteiger partial charge is 0.271 e. The predicted molar refractivity (Wildman–Crippen MR) is 74.9 cm³/mol. The van der Waals surface area contributed by atoms with E-state index in [0.29, 0.717) is 0 Å². The van der Waals surface area contributed by atoms with E-state index in [0.717, 1.165) is 17.1 Å². The molecule has 1 amide bonds. The zero-order valence-electron chi connectivity index (χ0n) is 10.3. The predicted octanol–water partition coefficient (Wildman–Crippen LogP) is 1.98. The molecule has 0 saturated carbocycles. The maximum Gasteiger partial charge on any atom is 0.260 e. The normalized spacial score (nSPS) is 14.8. The molecule has 0 unspecified atom stereocenters. The Kier molecular flexibility index (Phi) is 2.98. The molecule has 4 nitrogen and oxygen atoms in total. The SMILES string of the molecule is O=C1CN=C(c2ccccc2)N(c2ccccc2)N1. The summed E-state index contributed by atoms with van der Waals surface area (Å²) >= 11 is 0. The van der Waals surface area contributed by atoms with E-state index < -0.39 is 0 Å². The topological polar surface area (TPSA) is 44.7 Å². The highest BCUT2D eigenvalue weighted by molar-refractivity contribution is 6.13. The lowest BCUT2D eigenvalue weighted by Crippen LogP contribution is -2.51. The fraction of sp³-hybridized carbons (Fsp3) is 0.0667. The molecule has 2 aromatic rings. The number of nitrogens with zero attached hydrogens (tertiary/aromatic N) is 2. The van der Waals surface area contributed by atoms with Crippen molar-refractivity contribution in [1.82, 2.24) is 5.43 Å². The fourth-order valence-electron chi connectivity index (χ4n) is 2.00. The Hall–Kier alpha value is -2.62. The van der Waals surface area contributed by atoms with Crippen LogP contribution in [0.1, 0.15) is 5.56 Å². The molecule has 0 aliphatic carbocycles. The van der Waals surface area contributed by atoms with Crippen molar-refractivity contribution in [3.8, 4) is 0 Å². The number of nitrogens with one attached hydrogen (secondary N) is 1. The molecule has 4 heteroatoms. The molecule has 0 atom stereocenters. The van der Waals surface area contributed by atoms with E-state index in [1.165, 1.54) is 0 Å². The van der Waals surface area contributed by atoms with E-state index in [9.17, 15) is 4.79 Å². The number of aliphatic imine (C=N–C) groups is 1. The molecule has 94 valence electrons. The molecule has 0 aromatic heterocycles. The van der Waals surface area contributed by atoms with Gasteiger partial charge in [-0.15, -0.1) is 0 Å². The van der Waals surface area contributed by atoms with Gasteiger partial charge in [0.25, 0.3) is 5.91 Å². The lowest BCUT2D eigenvalue weighted by atomic mass is 10.2. The molecule has 0 bridgehead atoms. The van der Waals surface area contributed by atoms with E-state index in [1.807, 2.05) is 60.7 Å². The number of benzene rings is 2. The monoisotopic (exact) mass is 251 g/mol. The Bertz CT molecular complexity index is 608. The third-order valence-corrected chi connectivity index (χ3v) is 2.87. The van der Waals surface area contributed by atoms with E-state index in [4.69, 9.17) is 0 Å². The summed E-state index contributed by atoms with van der Waals surface area (Å²) < 4.78 is 0. The summed E-state index contributed by atoms with van der Waals surface area (Å²) in [6, 6.07) is 19.5. The highest BCUT2D eigenvalue weighted by Crippen LogP contribution is 2.17. The molecule has 2 aromatic carbocycles. The van der Waals surface area contributed by atoms with Gasteiger partial charge in [0.05, 0.1) is 5.69 Å². The second kappa shape index (κ2) is 4.94. The molecule has 0 spiro atoms. The standard InChI is InChI=1S/C15H13N3O/c19-14-11-16-15(12-7-3-1-4-8-12)18(17-14)13-9-5-2-6-10-13/h1-10H,11H2,(H,17,19). The number of anilines is 1. The van der Waals surface area contributed by atoms with Crippen molar-refractivity contribution in [3.05, 3.63) is 66.2 Å². The zero-order chi connectivity index (χ0) is 13.1. The molecular formula is C15H13N3O. The Morgan fingerprint density at radius 1 is 0.947 bits per heavy atom. The summed E-state index contributed by atoms with van der Waals surface area (Å²) in [4.78, 5) is 15.9. The van der Waals surface area contributed by atoms with Crippen molar-refractivity contribution < 1.29 is 4.79 Å². The van der Waals surface area contributed by atoms with Crippen LogP contribution in [0.2, 0.25) is 0 Å². The molecule has 0 fully saturated rings. The summed E-state index contributed by atoms with van der Waals surface area (Å²) in [6.45, 7) is 0.160. The molecular weight excluding hydrogens is 238 g/mol. The first kappa shape index (κ1) is 11.5. The van der Waals surface area contributed by atoms with Crippen LogP contribution in [0.3, 0.4) is 0 Å². The van der Waals surface area contributed by atoms with Crippen LogP contribution in [-0.4, -0.2) is 18.3 Å². The Labute approximate surface area is 111 Å². The van der Waals surface area contributed by atoms with Crippen LogP contribution in [0.15, 0.2) is 65.7 Å². The average molecular weight is 251 g/mol. The number of para-hydroxylation sites is 1. The van der Waals surface area contributed by atoms with Gasteiger partial charge in [0.1, 0.15) is 6.54 Å². The summed E-state index contributed by atoms with van der Waals surface area (Å²) in [5, 5.41) is 1.72. The summed E-state index contributed by atoms with van der Waals surface area (Å²) in [5.41, 5.74) is 4.71. The van der Waals surface area contributed by atoms with Gasteiger partial charge in [-0.25, -0.2) is 5.01 Å². The number of hydrogen-bond acceptors (Lipinski definition) is 3. The number of carbonyl (C=O) groups excluding carboxylic acids is 1. The number of amidine groups is 1. The van der Waals surface area contributed by atoms with Gasteiger partial charge in [0.15, 0.2) is 5.84 Å². The number of hydrogen-bond donors (Lipinski definition) is 1. The minimum absolute atomic E-state index is 0.108. The zero-order valence-corrected chi connectivity index (χ0v) is 10.3. The van der Waals surface area contributed by atoms with Crippen LogP contribution in [-0.2, 0) is 4.79 Å². The van der Waals surface area contributed by atoms with E-state index >= 15 is 0 Å². The van der Waals surface area contributed by atoms with E-state index in [2.05, 4.69) is 10.4 Å². The Morgan fingerprint density at radius 2 is 1.58 bits per heavy atom. The first-order valence-corrected chi connectivity index (χ1v) is 6.09. The van der Waals surface area contributed by atoms with E-state index in [1.54, 1.807) is 5.01 Å². The van der Waals surface area contributed by atoms with Crippen LogP contribution in [0.4, 0.5) is 5.69 Å². The lowest BCUT2D eigenvalue weighted by Gasteiger charge is -2.29. The first-order valence-electron chi connectivity index (χ1n) is 6.09. The maximum absolute atomic E-state index is 11.6. The molecule has 1 aliphatic rings. The average Bonchev–Trinajstić information content (AvgIpc) is 2.49. The second-order valence-corrected chi connectivity index (χ2v) is 4.21. The fourth-order valence-corrected chi connectivity index (χ4v) is 2.00. The van der Waals surface area contributed by atoms with Gasteiger partial charge in [0, 0.05) is 5.56 Å². The lowest BCUT2D eigenvalue weighted by molar-refractivity contribution is -0.119. The van der Waals surface area contributed by atoms with Crippen LogP contribution >= 0.6 is 0 Å². The third-order valence-electron chi connectivity index (χ3n) is 2.87. The third kappa shape index (κ3) is 2.33. The molecule has 1 aliphatic heterocycles. The van der Waals surface area contributed by atoms with Crippen molar-refractivity contribution in [3.63, 3.8) is 0 Å². The van der Waals surface area contributed by atoms with Gasteiger partial charge in [-0.2, -0.15) is 0 Å². The van der Waals surface area contributed by atoms with Crippen molar-refractivity contribution in [2.45, 2.75) is 0 Å².